The summed E-state index contributed by atoms with van der Waals surface area (Å²) < 4.78 is 6.49. The average molecular weight is 272 g/mol. The molecule has 2 unspecified atom stereocenters. The number of benzene rings is 1. The maximum absolute atomic E-state index is 11.7. The van der Waals surface area contributed by atoms with Crippen molar-refractivity contribution in [3.63, 3.8) is 0 Å². The van der Waals surface area contributed by atoms with Crippen molar-refractivity contribution in [3.05, 3.63) is 29.8 Å². The molecule has 0 bridgehead atoms. The summed E-state index contributed by atoms with van der Waals surface area (Å²) in [6.45, 7) is 0.675. The normalized spacial score (nSPS) is 24.9. The minimum absolute atomic E-state index is 0.155. The predicted molar refractivity (Wildman–Crippen MR) is 69.1 cm³/mol. The topological polar surface area (TPSA) is 29.5 Å². The average Bonchev–Trinajstić information content (AvgIpc) is 2.71. The zero-order valence-electron chi connectivity index (χ0n) is 9.47. The van der Waals surface area contributed by atoms with E-state index in [1.165, 1.54) is 7.11 Å². The van der Waals surface area contributed by atoms with Gasteiger partial charge in [-0.2, -0.15) is 0 Å². The fourth-order valence-corrected chi connectivity index (χ4v) is 2.89. The second kappa shape index (κ2) is 5.29. The van der Waals surface area contributed by atoms with Crippen LogP contribution in [0.25, 0.3) is 0 Å². The summed E-state index contributed by atoms with van der Waals surface area (Å²) in [6.07, 6.45) is 0.711. The van der Waals surface area contributed by atoms with Crippen molar-refractivity contribution in [2.24, 2.45) is 5.92 Å². The summed E-state index contributed by atoms with van der Waals surface area (Å²) in [5.41, 5.74) is 0.971. The molecular weight excluding hydrogens is 258 g/mol. The Kier molecular flexibility index (Phi) is 3.97. The van der Waals surface area contributed by atoms with Gasteiger partial charge in [-0.05, 0) is 29.8 Å². The summed E-state index contributed by atoms with van der Waals surface area (Å²) in [4.78, 5) is 12.6. The van der Waals surface area contributed by atoms with Crippen LogP contribution < -0.4 is 0 Å². The summed E-state index contributed by atoms with van der Waals surface area (Å²) in [6, 6.07) is 7.52. The lowest BCUT2D eigenvalue weighted by molar-refractivity contribution is -0.146. The molecule has 0 aliphatic carbocycles. The van der Waals surface area contributed by atoms with E-state index in [1.807, 2.05) is 24.3 Å². The number of carbonyl (C=O) groups is 1. The molecule has 5 heteroatoms. The van der Waals surface area contributed by atoms with Gasteiger partial charge >= 0.3 is 5.97 Å². The molecule has 0 amide bonds. The van der Waals surface area contributed by atoms with Gasteiger partial charge in [0.15, 0.2) is 0 Å². The quantitative estimate of drug-likeness (QED) is 0.509. The Morgan fingerprint density at radius 1 is 1.53 bits per heavy atom. The van der Waals surface area contributed by atoms with Crippen molar-refractivity contribution in [1.29, 1.82) is 0 Å². The lowest BCUT2D eigenvalue weighted by atomic mass is 9.94. The minimum Gasteiger partial charge on any atom is -0.469 e. The van der Waals surface area contributed by atoms with Gasteiger partial charge < -0.3 is 4.74 Å². The molecule has 17 heavy (non-hydrogen) atoms. The van der Waals surface area contributed by atoms with Crippen LogP contribution in [0.2, 0.25) is 0 Å². The molecule has 3 nitrogen and oxygen atoms in total. The Morgan fingerprint density at radius 3 is 2.88 bits per heavy atom. The van der Waals surface area contributed by atoms with Crippen molar-refractivity contribution in [1.82, 2.24) is 4.42 Å². The Morgan fingerprint density at radius 2 is 2.24 bits per heavy atom. The van der Waals surface area contributed by atoms with Crippen LogP contribution in [0.1, 0.15) is 18.0 Å². The lowest BCUT2D eigenvalue weighted by Gasteiger charge is -2.23. The zero-order chi connectivity index (χ0) is 12.4. The Hall–Kier alpha value is -0.710. The number of methoxy groups -OCH3 is 1. The van der Waals surface area contributed by atoms with E-state index in [9.17, 15) is 4.79 Å². The van der Waals surface area contributed by atoms with Gasteiger partial charge in [-0.1, -0.05) is 18.2 Å². The first kappa shape index (κ1) is 12.7. The summed E-state index contributed by atoms with van der Waals surface area (Å²) in [5, 5.41) is 0. The van der Waals surface area contributed by atoms with Crippen LogP contribution in [0.15, 0.2) is 29.2 Å². The SMILES string of the molecule is COC(=O)C1CCN(Cl)C1c1ccccc1S. The third-order valence-corrected chi connectivity index (χ3v) is 3.88. The molecule has 1 aromatic carbocycles. The third kappa shape index (κ3) is 2.44. The van der Waals surface area contributed by atoms with Gasteiger partial charge in [0.1, 0.15) is 0 Å². The molecule has 1 saturated heterocycles. The molecule has 1 aromatic rings. The maximum Gasteiger partial charge on any atom is 0.310 e. The van der Waals surface area contributed by atoms with E-state index in [2.05, 4.69) is 12.6 Å². The van der Waals surface area contributed by atoms with E-state index in [0.717, 1.165) is 10.5 Å². The van der Waals surface area contributed by atoms with E-state index >= 15 is 0 Å². The molecule has 2 rings (SSSR count). The summed E-state index contributed by atoms with van der Waals surface area (Å²) >= 11 is 10.6. The standard InChI is InChI=1S/C12H14ClNO2S/c1-16-12(15)9-6-7-14(13)11(9)8-4-2-3-5-10(8)17/h2-5,9,11,17H,6-7H2,1H3. The monoisotopic (exact) mass is 271 g/mol. The number of carbonyl (C=O) groups excluding carboxylic acids is 1. The molecule has 1 aliphatic rings. The van der Waals surface area contributed by atoms with E-state index in [1.54, 1.807) is 4.42 Å². The number of rotatable bonds is 2. The molecule has 0 radical (unpaired) electrons. The van der Waals surface area contributed by atoms with Gasteiger partial charge in [0, 0.05) is 11.4 Å². The fourth-order valence-electron chi connectivity index (χ4n) is 2.26. The first-order valence-electron chi connectivity index (χ1n) is 5.43. The molecule has 0 N–H and O–H groups in total. The van der Waals surface area contributed by atoms with E-state index in [-0.39, 0.29) is 17.9 Å². The molecule has 0 saturated carbocycles. The van der Waals surface area contributed by atoms with Crippen LogP contribution in [0, 0.1) is 5.92 Å². The third-order valence-electron chi connectivity index (χ3n) is 3.10. The number of hydrogen-bond acceptors (Lipinski definition) is 4. The van der Waals surface area contributed by atoms with Gasteiger partial charge in [-0.3, -0.25) is 4.79 Å². The molecule has 1 heterocycles. The number of thiol groups is 1. The number of nitrogens with zero attached hydrogens (tertiary/aromatic N) is 1. The first-order chi connectivity index (χ1) is 8.15. The number of hydrogen-bond donors (Lipinski definition) is 1. The molecular formula is C12H14ClNO2S. The lowest BCUT2D eigenvalue weighted by Crippen LogP contribution is -2.24. The fraction of sp³-hybridized carbons (Fsp3) is 0.417. The Balaban J connectivity index is 2.34. The van der Waals surface area contributed by atoms with Crippen molar-refractivity contribution in [3.8, 4) is 0 Å². The van der Waals surface area contributed by atoms with Crippen molar-refractivity contribution in [2.75, 3.05) is 13.7 Å². The van der Waals surface area contributed by atoms with Crippen LogP contribution >= 0.6 is 24.4 Å². The van der Waals surface area contributed by atoms with E-state index < -0.39 is 0 Å². The van der Waals surface area contributed by atoms with Crippen molar-refractivity contribution >= 4 is 30.4 Å². The molecule has 1 fully saturated rings. The Bertz CT molecular complexity index is 427. The van der Waals surface area contributed by atoms with Crippen LogP contribution in [-0.4, -0.2) is 24.0 Å². The first-order valence-corrected chi connectivity index (χ1v) is 6.22. The van der Waals surface area contributed by atoms with Crippen LogP contribution in [0.5, 0.6) is 0 Å². The van der Waals surface area contributed by atoms with Gasteiger partial charge in [-0.15, -0.1) is 12.6 Å². The van der Waals surface area contributed by atoms with Gasteiger partial charge in [0.05, 0.1) is 19.1 Å². The summed E-state index contributed by atoms with van der Waals surface area (Å²) in [5.74, 6) is -0.430. The van der Waals surface area contributed by atoms with Crippen LogP contribution in [0.4, 0.5) is 0 Å². The molecule has 2 atom stereocenters. The highest BCUT2D eigenvalue weighted by atomic mass is 35.5. The number of ether oxygens (including phenoxy) is 1. The minimum atomic E-state index is -0.217. The highest BCUT2D eigenvalue weighted by Gasteiger charge is 2.40. The Labute approximate surface area is 111 Å². The van der Waals surface area contributed by atoms with Gasteiger partial charge in [0.2, 0.25) is 0 Å². The predicted octanol–water partition coefficient (Wildman–Crippen LogP) is 2.67. The van der Waals surface area contributed by atoms with Gasteiger partial charge in [-0.25, -0.2) is 4.42 Å². The van der Waals surface area contributed by atoms with Crippen LogP contribution in [0.3, 0.4) is 0 Å². The molecule has 0 spiro atoms. The largest absolute Gasteiger partial charge is 0.469 e. The zero-order valence-corrected chi connectivity index (χ0v) is 11.1. The highest BCUT2D eigenvalue weighted by Crippen LogP contribution is 2.41. The smallest absolute Gasteiger partial charge is 0.310 e. The second-order valence-electron chi connectivity index (χ2n) is 4.05. The summed E-state index contributed by atoms with van der Waals surface area (Å²) in [7, 11) is 1.41. The molecule has 92 valence electrons. The second-order valence-corrected chi connectivity index (χ2v) is 4.96. The maximum atomic E-state index is 11.7. The molecule has 1 aliphatic heterocycles. The van der Waals surface area contributed by atoms with Crippen molar-refractivity contribution in [2.45, 2.75) is 17.4 Å². The highest BCUT2D eigenvalue weighted by molar-refractivity contribution is 7.80. The number of halogens is 1. The van der Waals surface area contributed by atoms with Crippen molar-refractivity contribution < 1.29 is 9.53 Å². The van der Waals surface area contributed by atoms with Crippen LogP contribution in [-0.2, 0) is 9.53 Å². The molecule has 0 aromatic heterocycles. The van der Waals surface area contributed by atoms with Gasteiger partial charge in [0.25, 0.3) is 0 Å². The number of esters is 1. The van der Waals surface area contributed by atoms with E-state index in [0.29, 0.717) is 13.0 Å². The van der Waals surface area contributed by atoms with E-state index in [4.69, 9.17) is 16.5 Å².